The molecule has 4 rings (SSSR count). The number of hydrogen-bond acceptors (Lipinski definition) is 4. The van der Waals surface area contributed by atoms with Crippen molar-refractivity contribution in [1.82, 2.24) is 0 Å². The van der Waals surface area contributed by atoms with E-state index in [4.69, 9.17) is 0 Å². The van der Waals surface area contributed by atoms with E-state index >= 15 is 0 Å². The average molecular weight is 422 g/mol. The topological polar surface area (TPSA) is 78.5 Å². The van der Waals surface area contributed by atoms with Crippen LogP contribution in [-0.2, 0) is 10.0 Å². The number of carbonyl (C=O) groups is 1. The summed E-state index contributed by atoms with van der Waals surface area (Å²) < 4.78 is 27.6. The highest BCUT2D eigenvalue weighted by atomic mass is 32.2. The molecule has 2 N–H and O–H groups in total. The van der Waals surface area contributed by atoms with E-state index in [0.717, 1.165) is 37.3 Å². The molecule has 0 bridgehead atoms. The number of para-hydroxylation sites is 3. The minimum Gasteiger partial charge on any atom is -0.370 e. The largest absolute Gasteiger partial charge is 0.370 e. The van der Waals surface area contributed by atoms with Crippen molar-refractivity contribution in [1.29, 1.82) is 0 Å². The first kappa shape index (κ1) is 20.0. The predicted octanol–water partition coefficient (Wildman–Crippen LogP) is 4.34. The Balaban J connectivity index is 1.49. The van der Waals surface area contributed by atoms with Crippen molar-refractivity contribution >= 4 is 33.0 Å². The summed E-state index contributed by atoms with van der Waals surface area (Å²) in [5.74, 6) is -0.276. The molecule has 1 heterocycles. The summed E-state index contributed by atoms with van der Waals surface area (Å²) >= 11 is 0. The predicted molar refractivity (Wildman–Crippen MR) is 120 cm³/mol. The molecule has 0 aromatic heterocycles. The molecule has 0 saturated carbocycles. The maximum Gasteiger partial charge on any atom is 0.261 e. The highest BCUT2D eigenvalue weighted by Crippen LogP contribution is 2.29. The normalized spacial score (nSPS) is 13.8. The number of amides is 1. The molecule has 1 aliphatic rings. The van der Waals surface area contributed by atoms with E-state index in [9.17, 15) is 13.2 Å². The van der Waals surface area contributed by atoms with Crippen LogP contribution in [0.15, 0.2) is 83.8 Å². The standard InChI is InChI=1S/C23H23N3O3S/c27-23(24-21-10-4-5-11-22(21)26-16-6-7-17-26)18-12-14-20(15-13-18)30(28,29)25-19-8-2-1-3-9-19/h1-5,8-15,25H,6-7,16-17H2,(H,24,27). The van der Waals surface area contributed by atoms with Gasteiger partial charge >= 0.3 is 0 Å². The number of carbonyl (C=O) groups excluding carboxylic acids is 1. The molecule has 0 spiro atoms. The fourth-order valence-corrected chi connectivity index (χ4v) is 4.57. The van der Waals surface area contributed by atoms with Crippen LogP contribution < -0.4 is 14.9 Å². The number of anilines is 3. The van der Waals surface area contributed by atoms with Crippen molar-refractivity contribution < 1.29 is 13.2 Å². The van der Waals surface area contributed by atoms with E-state index in [-0.39, 0.29) is 10.8 Å². The molecule has 1 fully saturated rings. The van der Waals surface area contributed by atoms with Gasteiger partial charge in [-0.2, -0.15) is 0 Å². The Bertz CT molecular complexity index is 1120. The molecule has 0 aliphatic carbocycles. The van der Waals surface area contributed by atoms with E-state index in [0.29, 0.717) is 11.3 Å². The van der Waals surface area contributed by atoms with Gasteiger partial charge in [-0.05, 0) is 61.4 Å². The molecule has 154 valence electrons. The third-order valence-electron chi connectivity index (χ3n) is 5.05. The Hall–Kier alpha value is -3.32. The van der Waals surface area contributed by atoms with Gasteiger partial charge in [0, 0.05) is 24.3 Å². The van der Waals surface area contributed by atoms with Gasteiger partial charge in [0.15, 0.2) is 0 Å². The molecular formula is C23H23N3O3S. The van der Waals surface area contributed by atoms with Crippen LogP contribution in [-0.4, -0.2) is 27.4 Å². The Morgan fingerprint density at radius 1 is 0.800 bits per heavy atom. The van der Waals surface area contributed by atoms with E-state index in [1.807, 2.05) is 30.3 Å². The van der Waals surface area contributed by atoms with E-state index in [1.165, 1.54) is 24.3 Å². The number of rotatable bonds is 6. The van der Waals surface area contributed by atoms with Gasteiger partial charge in [-0.3, -0.25) is 9.52 Å². The first-order chi connectivity index (χ1) is 14.5. The summed E-state index contributed by atoms with van der Waals surface area (Å²) in [7, 11) is -3.72. The molecule has 6 nitrogen and oxygen atoms in total. The summed E-state index contributed by atoms with van der Waals surface area (Å²) in [5, 5.41) is 2.96. The molecule has 0 unspecified atom stereocenters. The summed E-state index contributed by atoms with van der Waals surface area (Å²) in [6.45, 7) is 1.96. The number of hydrogen-bond donors (Lipinski definition) is 2. The van der Waals surface area contributed by atoms with Gasteiger partial charge in [0.25, 0.3) is 15.9 Å². The zero-order chi connectivity index (χ0) is 21.0. The van der Waals surface area contributed by atoms with Gasteiger partial charge in [-0.1, -0.05) is 30.3 Å². The highest BCUT2D eigenvalue weighted by molar-refractivity contribution is 7.92. The molecule has 1 aliphatic heterocycles. The van der Waals surface area contributed by atoms with Crippen LogP contribution in [0.4, 0.5) is 17.1 Å². The van der Waals surface area contributed by atoms with Crippen molar-refractivity contribution in [2.75, 3.05) is 28.0 Å². The molecule has 0 atom stereocenters. The number of sulfonamides is 1. The van der Waals surface area contributed by atoms with Crippen molar-refractivity contribution in [2.45, 2.75) is 17.7 Å². The molecular weight excluding hydrogens is 398 g/mol. The smallest absolute Gasteiger partial charge is 0.261 e. The van der Waals surface area contributed by atoms with E-state index in [1.54, 1.807) is 24.3 Å². The molecule has 0 radical (unpaired) electrons. The molecule has 3 aromatic rings. The zero-order valence-corrected chi connectivity index (χ0v) is 17.2. The van der Waals surface area contributed by atoms with Gasteiger partial charge in [0.2, 0.25) is 0 Å². The second-order valence-corrected chi connectivity index (χ2v) is 8.84. The van der Waals surface area contributed by atoms with Crippen molar-refractivity contribution in [3.8, 4) is 0 Å². The molecule has 7 heteroatoms. The third-order valence-corrected chi connectivity index (χ3v) is 6.45. The van der Waals surface area contributed by atoms with Crippen LogP contribution in [0.5, 0.6) is 0 Å². The number of nitrogens with one attached hydrogen (secondary N) is 2. The van der Waals surface area contributed by atoms with Crippen LogP contribution >= 0.6 is 0 Å². The Kier molecular flexibility index (Phi) is 5.72. The number of benzene rings is 3. The highest BCUT2D eigenvalue weighted by Gasteiger charge is 2.18. The maximum absolute atomic E-state index is 12.7. The van der Waals surface area contributed by atoms with Gasteiger partial charge in [-0.15, -0.1) is 0 Å². The van der Waals surface area contributed by atoms with E-state index < -0.39 is 10.0 Å². The number of nitrogens with zero attached hydrogens (tertiary/aromatic N) is 1. The second kappa shape index (κ2) is 8.59. The maximum atomic E-state index is 12.7. The molecule has 1 saturated heterocycles. The van der Waals surface area contributed by atoms with Crippen molar-refractivity contribution in [2.24, 2.45) is 0 Å². The van der Waals surface area contributed by atoms with Crippen LogP contribution in [0.1, 0.15) is 23.2 Å². The monoisotopic (exact) mass is 421 g/mol. The summed E-state index contributed by atoms with van der Waals surface area (Å²) in [6.07, 6.45) is 2.30. The Morgan fingerprint density at radius 3 is 2.13 bits per heavy atom. The summed E-state index contributed by atoms with van der Waals surface area (Å²) in [4.78, 5) is 15.1. The fourth-order valence-electron chi connectivity index (χ4n) is 3.51. The van der Waals surface area contributed by atoms with Gasteiger partial charge in [-0.25, -0.2) is 8.42 Å². The second-order valence-electron chi connectivity index (χ2n) is 7.16. The lowest BCUT2D eigenvalue weighted by Crippen LogP contribution is -2.21. The molecule has 3 aromatic carbocycles. The minimum atomic E-state index is -3.72. The van der Waals surface area contributed by atoms with Gasteiger partial charge in [0.05, 0.1) is 16.3 Å². The molecule has 30 heavy (non-hydrogen) atoms. The van der Waals surface area contributed by atoms with Crippen molar-refractivity contribution in [3.63, 3.8) is 0 Å². The quantitative estimate of drug-likeness (QED) is 0.621. The average Bonchev–Trinajstić information content (AvgIpc) is 3.29. The first-order valence-electron chi connectivity index (χ1n) is 9.86. The zero-order valence-electron chi connectivity index (χ0n) is 16.4. The summed E-state index contributed by atoms with van der Waals surface area (Å²) in [6, 6.07) is 22.3. The summed E-state index contributed by atoms with van der Waals surface area (Å²) in [5.41, 5.74) is 2.64. The lowest BCUT2D eigenvalue weighted by atomic mass is 10.2. The van der Waals surface area contributed by atoms with Crippen LogP contribution in [0, 0.1) is 0 Å². The van der Waals surface area contributed by atoms with Crippen LogP contribution in [0.3, 0.4) is 0 Å². The first-order valence-corrected chi connectivity index (χ1v) is 11.3. The third kappa shape index (κ3) is 4.46. The van der Waals surface area contributed by atoms with E-state index in [2.05, 4.69) is 14.9 Å². The lowest BCUT2D eigenvalue weighted by Gasteiger charge is -2.21. The van der Waals surface area contributed by atoms with Gasteiger partial charge in [0.1, 0.15) is 0 Å². The lowest BCUT2D eigenvalue weighted by molar-refractivity contribution is 0.102. The van der Waals surface area contributed by atoms with Crippen LogP contribution in [0.2, 0.25) is 0 Å². The van der Waals surface area contributed by atoms with Crippen molar-refractivity contribution in [3.05, 3.63) is 84.4 Å². The molecule has 1 amide bonds. The Morgan fingerprint density at radius 2 is 1.43 bits per heavy atom. The SMILES string of the molecule is O=C(Nc1ccccc1N1CCCC1)c1ccc(S(=O)(=O)Nc2ccccc2)cc1. The van der Waals surface area contributed by atoms with Gasteiger partial charge < -0.3 is 10.2 Å². The van der Waals surface area contributed by atoms with Crippen LogP contribution in [0.25, 0.3) is 0 Å². The Labute approximate surface area is 176 Å². The fraction of sp³-hybridized carbons (Fsp3) is 0.174. The minimum absolute atomic E-state index is 0.0976.